The quantitative estimate of drug-likeness (QED) is 0.471. The molecule has 4 nitrogen and oxygen atoms in total. The van der Waals surface area contributed by atoms with Crippen molar-refractivity contribution in [2.45, 2.75) is 37.8 Å². The summed E-state index contributed by atoms with van der Waals surface area (Å²) in [6, 6.07) is 0. The van der Waals surface area contributed by atoms with Crippen LogP contribution in [0, 0.1) is 5.41 Å². The summed E-state index contributed by atoms with van der Waals surface area (Å²) in [5.41, 5.74) is -0.584. The van der Waals surface area contributed by atoms with Gasteiger partial charge in [-0.05, 0) is 13.3 Å². The highest BCUT2D eigenvalue weighted by molar-refractivity contribution is 5.12. The Labute approximate surface area is 70.8 Å². The highest BCUT2D eigenvalue weighted by atomic mass is 16.5. The van der Waals surface area contributed by atoms with E-state index in [2.05, 4.69) is 0 Å². The zero-order valence-corrected chi connectivity index (χ0v) is 6.97. The van der Waals surface area contributed by atoms with Gasteiger partial charge >= 0.3 is 0 Å². The molecule has 1 saturated carbocycles. The van der Waals surface area contributed by atoms with Gasteiger partial charge in [0.1, 0.15) is 0 Å². The summed E-state index contributed by atoms with van der Waals surface area (Å²) in [5, 5.41) is 28.1. The van der Waals surface area contributed by atoms with E-state index in [1.165, 1.54) is 0 Å². The van der Waals surface area contributed by atoms with Crippen LogP contribution in [0.4, 0.5) is 0 Å². The number of rotatable bonds is 1. The molecule has 0 aromatic rings. The molecule has 2 aliphatic rings. The van der Waals surface area contributed by atoms with Gasteiger partial charge in [0.05, 0.1) is 36.4 Å². The minimum absolute atomic E-state index is 0.111. The minimum atomic E-state index is -0.643. The molecule has 0 amide bonds. The molecule has 2 rings (SSSR count). The Hall–Kier alpha value is -0.160. The zero-order valence-electron chi connectivity index (χ0n) is 6.97. The molecule has 1 aliphatic heterocycles. The molecule has 2 fully saturated rings. The van der Waals surface area contributed by atoms with Crippen LogP contribution in [-0.2, 0) is 4.74 Å². The molecule has 1 saturated heterocycles. The van der Waals surface area contributed by atoms with E-state index >= 15 is 0 Å². The Bertz CT molecular complexity index is 195. The van der Waals surface area contributed by atoms with Crippen molar-refractivity contribution in [2.24, 2.45) is 5.41 Å². The summed E-state index contributed by atoms with van der Waals surface area (Å²) in [6.45, 7) is 1.65. The fraction of sp³-hybridized carbons (Fsp3) is 1.00. The molecule has 0 bridgehead atoms. The average molecular weight is 174 g/mol. The number of hydrogen-bond donors (Lipinski definition) is 3. The Morgan fingerprint density at radius 1 is 1.50 bits per heavy atom. The molecule has 4 heteroatoms. The van der Waals surface area contributed by atoms with Crippen LogP contribution in [0.15, 0.2) is 0 Å². The van der Waals surface area contributed by atoms with Gasteiger partial charge in [0.15, 0.2) is 0 Å². The average Bonchev–Trinajstić information content (AvgIpc) is 2.25. The van der Waals surface area contributed by atoms with Crippen LogP contribution in [0.1, 0.15) is 13.3 Å². The third-order valence-corrected chi connectivity index (χ3v) is 3.19. The molecule has 70 valence electrons. The molecule has 0 spiro atoms. The van der Waals surface area contributed by atoms with Crippen LogP contribution in [0.5, 0.6) is 0 Å². The van der Waals surface area contributed by atoms with E-state index in [4.69, 9.17) is 9.84 Å². The summed E-state index contributed by atoms with van der Waals surface area (Å²) >= 11 is 0. The highest BCUT2D eigenvalue weighted by Crippen LogP contribution is 2.52. The zero-order chi connectivity index (χ0) is 8.93. The molecule has 0 aromatic carbocycles. The van der Waals surface area contributed by atoms with E-state index in [1.807, 2.05) is 0 Å². The molecule has 3 N–H and O–H groups in total. The first-order valence-electron chi connectivity index (χ1n) is 4.24. The van der Waals surface area contributed by atoms with Gasteiger partial charge in [0.25, 0.3) is 0 Å². The highest BCUT2D eigenvalue weighted by Gasteiger charge is 2.64. The molecule has 3 unspecified atom stereocenters. The SMILES string of the molecule is CC1OC2[C@@H](O)C[C@@]2(CO)C1O. The van der Waals surface area contributed by atoms with Gasteiger partial charge in [-0.3, -0.25) is 0 Å². The second-order valence-electron chi connectivity index (χ2n) is 3.87. The standard InChI is InChI=1S/C8H14O4/c1-4-6(11)8(3-9)2-5(10)7(8)12-4/h4-7,9-11H,2-3H2,1H3/t4?,5-,6?,7?,8+/m0/s1. The number of aliphatic hydroxyl groups is 3. The van der Waals surface area contributed by atoms with Crippen molar-refractivity contribution in [1.29, 1.82) is 0 Å². The maximum absolute atomic E-state index is 9.66. The molecule has 12 heavy (non-hydrogen) atoms. The van der Waals surface area contributed by atoms with E-state index in [-0.39, 0.29) is 18.8 Å². The van der Waals surface area contributed by atoms with Gasteiger partial charge in [-0.25, -0.2) is 0 Å². The van der Waals surface area contributed by atoms with Crippen molar-refractivity contribution in [1.82, 2.24) is 0 Å². The van der Waals surface area contributed by atoms with Crippen molar-refractivity contribution in [2.75, 3.05) is 6.61 Å². The molecule has 5 atom stereocenters. The second kappa shape index (κ2) is 2.42. The predicted molar refractivity (Wildman–Crippen MR) is 40.5 cm³/mol. The van der Waals surface area contributed by atoms with Crippen LogP contribution in [-0.4, -0.2) is 46.3 Å². The first-order valence-corrected chi connectivity index (χ1v) is 4.24. The fourth-order valence-corrected chi connectivity index (χ4v) is 2.37. The summed E-state index contributed by atoms with van der Waals surface area (Å²) in [4.78, 5) is 0. The van der Waals surface area contributed by atoms with E-state index in [0.717, 1.165) is 0 Å². The minimum Gasteiger partial charge on any atom is -0.396 e. The van der Waals surface area contributed by atoms with Gasteiger partial charge in [-0.1, -0.05) is 0 Å². The molecule has 1 heterocycles. The lowest BCUT2D eigenvalue weighted by atomic mass is 9.62. The van der Waals surface area contributed by atoms with Crippen molar-refractivity contribution < 1.29 is 20.1 Å². The monoisotopic (exact) mass is 174 g/mol. The van der Waals surface area contributed by atoms with Gasteiger partial charge in [0, 0.05) is 0 Å². The lowest BCUT2D eigenvalue weighted by molar-refractivity contribution is -0.172. The first-order chi connectivity index (χ1) is 5.62. The summed E-state index contributed by atoms with van der Waals surface area (Å²) in [7, 11) is 0. The van der Waals surface area contributed by atoms with E-state index in [0.29, 0.717) is 6.42 Å². The van der Waals surface area contributed by atoms with Crippen molar-refractivity contribution in [3.05, 3.63) is 0 Å². The second-order valence-corrected chi connectivity index (χ2v) is 3.87. The van der Waals surface area contributed by atoms with E-state index in [1.54, 1.807) is 6.92 Å². The number of ether oxygens (including phenoxy) is 1. The van der Waals surface area contributed by atoms with Crippen LogP contribution >= 0.6 is 0 Å². The van der Waals surface area contributed by atoms with Crippen LogP contribution in [0.2, 0.25) is 0 Å². The van der Waals surface area contributed by atoms with Gasteiger partial charge in [0.2, 0.25) is 0 Å². The Morgan fingerprint density at radius 2 is 2.17 bits per heavy atom. The maximum atomic E-state index is 9.66. The summed E-state index contributed by atoms with van der Waals surface area (Å²) in [5.74, 6) is 0. The Morgan fingerprint density at radius 3 is 2.58 bits per heavy atom. The molecular weight excluding hydrogens is 160 g/mol. The van der Waals surface area contributed by atoms with Crippen molar-refractivity contribution in [3.63, 3.8) is 0 Å². The predicted octanol–water partition coefficient (Wildman–Crippen LogP) is -1.12. The largest absolute Gasteiger partial charge is 0.396 e. The lowest BCUT2D eigenvalue weighted by Crippen LogP contribution is -2.60. The van der Waals surface area contributed by atoms with Crippen LogP contribution in [0.25, 0.3) is 0 Å². The van der Waals surface area contributed by atoms with Crippen molar-refractivity contribution in [3.8, 4) is 0 Å². The first kappa shape index (κ1) is 8.44. The van der Waals surface area contributed by atoms with Gasteiger partial charge in [-0.15, -0.1) is 0 Å². The topological polar surface area (TPSA) is 69.9 Å². The molecule has 0 radical (unpaired) electrons. The Kier molecular flexibility index (Phi) is 1.70. The lowest BCUT2D eigenvalue weighted by Gasteiger charge is -2.47. The van der Waals surface area contributed by atoms with E-state index < -0.39 is 17.6 Å². The smallest absolute Gasteiger partial charge is 0.0943 e. The third kappa shape index (κ3) is 0.758. The summed E-state index contributed by atoms with van der Waals surface area (Å²) in [6.07, 6.45) is -1.36. The number of aliphatic hydroxyl groups excluding tert-OH is 3. The fourth-order valence-electron chi connectivity index (χ4n) is 2.37. The Balaban J connectivity index is 2.21. The maximum Gasteiger partial charge on any atom is 0.0943 e. The molecule has 0 aromatic heterocycles. The van der Waals surface area contributed by atoms with Gasteiger partial charge in [-0.2, -0.15) is 0 Å². The molecule has 1 aliphatic carbocycles. The van der Waals surface area contributed by atoms with Crippen LogP contribution < -0.4 is 0 Å². The van der Waals surface area contributed by atoms with E-state index in [9.17, 15) is 10.2 Å². The third-order valence-electron chi connectivity index (χ3n) is 3.19. The number of hydrogen-bond acceptors (Lipinski definition) is 4. The van der Waals surface area contributed by atoms with Crippen molar-refractivity contribution >= 4 is 0 Å². The van der Waals surface area contributed by atoms with Gasteiger partial charge < -0.3 is 20.1 Å². The number of fused-ring (bicyclic) bond motifs is 1. The molecular formula is C8H14O4. The van der Waals surface area contributed by atoms with Crippen LogP contribution in [0.3, 0.4) is 0 Å². The normalized spacial score (nSPS) is 58.0. The summed E-state index contributed by atoms with van der Waals surface area (Å²) < 4.78 is 5.32.